The maximum absolute atomic E-state index is 12.2. The third-order valence-corrected chi connectivity index (χ3v) is 4.59. The van der Waals surface area contributed by atoms with Gasteiger partial charge in [-0.2, -0.15) is 14.6 Å². The number of thioether (sulfide) groups is 1. The molecule has 0 saturated heterocycles. The molecule has 0 unspecified atom stereocenters. The van der Waals surface area contributed by atoms with Gasteiger partial charge in [-0.15, -0.1) is 0 Å². The number of hydrogen-bond donors (Lipinski definition) is 1. The highest BCUT2D eigenvalue weighted by Gasteiger charge is 2.13. The van der Waals surface area contributed by atoms with E-state index in [9.17, 15) is 14.9 Å². The Morgan fingerprint density at radius 3 is 2.71 bits per heavy atom. The van der Waals surface area contributed by atoms with Gasteiger partial charge in [-0.3, -0.25) is 10.1 Å². The number of carbonyl (C=O) groups excluding carboxylic acids is 2. The molecule has 28 heavy (non-hydrogen) atoms. The van der Waals surface area contributed by atoms with Crippen LogP contribution in [0.3, 0.4) is 0 Å². The molecule has 140 valence electrons. The molecule has 2 aromatic heterocycles. The highest BCUT2D eigenvalue weighted by molar-refractivity contribution is 7.98. The highest BCUT2D eigenvalue weighted by atomic mass is 32.2. The zero-order valence-corrected chi connectivity index (χ0v) is 16.0. The number of carbonyl (C=O) groups is 2. The average Bonchev–Trinajstić information content (AvgIpc) is 3.39. The Hall–Kier alpha value is -3.42. The number of hydrogen-bond acceptors (Lipinski definition) is 9. The van der Waals surface area contributed by atoms with Crippen LogP contribution in [-0.2, 0) is 4.79 Å². The number of nitrogens with one attached hydrogen (secondary N) is 1. The van der Waals surface area contributed by atoms with Crippen molar-refractivity contribution >= 4 is 46.4 Å². The second-order valence-corrected chi connectivity index (χ2v) is 6.67. The Labute approximate surface area is 168 Å². The van der Waals surface area contributed by atoms with Crippen LogP contribution in [0.25, 0.3) is 6.08 Å². The summed E-state index contributed by atoms with van der Waals surface area (Å²) in [5.74, 6) is -0.805. The topological polar surface area (TPSA) is 118 Å². The van der Waals surface area contributed by atoms with Gasteiger partial charge in [-0.05, 0) is 42.2 Å². The Morgan fingerprint density at radius 2 is 2.11 bits per heavy atom. The lowest BCUT2D eigenvalue weighted by atomic mass is 10.1. The summed E-state index contributed by atoms with van der Waals surface area (Å²) >= 11 is 2.39. The maximum atomic E-state index is 12.2. The van der Waals surface area contributed by atoms with E-state index in [1.54, 1.807) is 30.3 Å². The van der Waals surface area contributed by atoms with Gasteiger partial charge in [0.05, 0.1) is 6.26 Å². The third kappa shape index (κ3) is 4.85. The van der Waals surface area contributed by atoms with Crippen molar-refractivity contribution in [2.45, 2.75) is 5.16 Å². The third-order valence-electron chi connectivity index (χ3n) is 3.30. The first-order chi connectivity index (χ1) is 13.6. The van der Waals surface area contributed by atoms with Crippen molar-refractivity contribution in [1.29, 1.82) is 5.26 Å². The first-order valence-corrected chi connectivity index (χ1v) is 9.75. The lowest BCUT2D eigenvalue weighted by Gasteiger charge is -2.03. The Morgan fingerprint density at radius 1 is 1.32 bits per heavy atom. The SMILES string of the molecule is CSc1nsc(NC(=O)/C(C#N)=C\c2ccc(OC(=O)c3ccco3)cc2)n1. The summed E-state index contributed by atoms with van der Waals surface area (Å²) in [6.45, 7) is 0. The van der Waals surface area contributed by atoms with Crippen molar-refractivity contribution in [3.8, 4) is 11.8 Å². The number of nitriles is 1. The normalized spacial score (nSPS) is 10.9. The van der Waals surface area contributed by atoms with E-state index in [0.29, 0.717) is 21.6 Å². The number of nitrogens with zero attached hydrogens (tertiary/aromatic N) is 3. The van der Waals surface area contributed by atoms with Crippen molar-refractivity contribution in [2.75, 3.05) is 11.6 Å². The molecule has 2 heterocycles. The van der Waals surface area contributed by atoms with Crippen LogP contribution in [0.15, 0.2) is 57.8 Å². The fraction of sp³-hybridized carbons (Fsp3) is 0.0556. The van der Waals surface area contributed by atoms with Gasteiger partial charge in [-0.1, -0.05) is 23.9 Å². The summed E-state index contributed by atoms with van der Waals surface area (Å²) in [4.78, 5) is 28.2. The van der Waals surface area contributed by atoms with Gasteiger partial charge in [0.15, 0.2) is 0 Å². The minimum Gasteiger partial charge on any atom is -0.457 e. The molecule has 0 radical (unpaired) electrons. The number of rotatable bonds is 6. The van der Waals surface area contributed by atoms with Crippen molar-refractivity contribution in [3.05, 3.63) is 59.6 Å². The number of ether oxygens (including phenoxy) is 1. The summed E-state index contributed by atoms with van der Waals surface area (Å²) in [5.41, 5.74) is 0.493. The molecule has 0 atom stereocenters. The molecule has 0 saturated carbocycles. The van der Waals surface area contributed by atoms with E-state index < -0.39 is 11.9 Å². The van der Waals surface area contributed by atoms with E-state index in [4.69, 9.17) is 9.15 Å². The van der Waals surface area contributed by atoms with Gasteiger partial charge >= 0.3 is 5.97 Å². The molecular weight excluding hydrogens is 400 g/mol. The number of furan rings is 1. The number of aromatic nitrogens is 2. The van der Waals surface area contributed by atoms with Crippen LogP contribution in [-0.4, -0.2) is 27.5 Å². The molecule has 10 heteroatoms. The molecule has 1 aromatic carbocycles. The lowest BCUT2D eigenvalue weighted by Crippen LogP contribution is -2.13. The van der Waals surface area contributed by atoms with Gasteiger partial charge < -0.3 is 9.15 Å². The van der Waals surface area contributed by atoms with E-state index >= 15 is 0 Å². The van der Waals surface area contributed by atoms with Crippen LogP contribution in [0, 0.1) is 11.3 Å². The van der Waals surface area contributed by atoms with Crippen molar-refractivity contribution in [2.24, 2.45) is 0 Å². The predicted octanol–water partition coefficient (Wildman–Crippen LogP) is 3.62. The Kier molecular flexibility index (Phi) is 6.21. The molecule has 0 bridgehead atoms. The summed E-state index contributed by atoms with van der Waals surface area (Å²) < 4.78 is 14.2. The summed E-state index contributed by atoms with van der Waals surface area (Å²) in [6.07, 6.45) is 4.62. The molecule has 0 spiro atoms. The second kappa shape index (κ2) is 8.98. The summed E-state index contributed by atoms with van der Waals surface area (Å²) in [7, 11) is 0. The molecule has 0 aliphatic rings. The first-order valence-electron chi connectivity index (χ1n) is 7.75. The predicted molar refractivity (Wildman–Crippen MR) is 104 cm³/mol. The van der Waals surface area contributed by atoms with Crippen molar-refractivity contribution in [1.82, 2.24) is 9.36 Å². The monoisotopic (exact) mass is 412 g/mol. The van der Waals surface area contributed by atoms with Crippen LogP contribution in [0.5, 0.6) is 5.75 Å². The van der Waals surface area contributed by atoms with E-state index in [1.165, 1.54) is 30.2 Å². The molecule has 1 N–H and O–H groups in total. The van der Waals surface area contributed by atoms with Gasteiger partial charge in [-0.25, -0.2) is 4.79 Å². The fourth-order valence-electron chi connectivity index (χ4n) is 2.01. The summed E-state index contributed by atoms with van der Waals surface area (Å²) in [6, 6.07) is 11.3. The standard InChI is InChI=1S/C18H12N4O4S2/c1-27-18-21-17(28-22-18)20-15(23)12(10-19)9-11-4-6-13(7-5-11)26-16(24)14-3-2-8-25-14/h2-9H,1H3,(H,20,21,22,23)/b12-9-. The van der Waals surface area contributed by atoms with Gasteiger partial charge in [0, 0.05) is 11.5 Å². The van der Waals surface area contributed by atoms with E-state index in [0.717, 1.165) is 11.5 Å². The molecule has 3 rings (SSSR count). The summed E-state index contributed by atoms with van der Waals surface area (Å²) in [5, 5.41) is 12.7. The minimum absolute atomic E-state index is 0.0914. The van der Waals surface area contributed by atoms with Crippen molar-refractivity contribution < 1.29 is 18.7 Å². The zero-order chi connectivity index (χ0) is 19.9. The molecule has 3 aromatic rings. The van der Waals surface area contributed by atoms with E-state index in [-0.39, 0.29) is 11.3 Å². The molecule has 0 fully saturated rings. The average molecular weight is 412 g/mol. The minimum atomic E-state index is -0.618. The smallest absolute Gasteiger partial charge is 0.379 e. The van der Waals surface area contributed by atoms with Gasteiger partial charge in [0.1, 0.15) is 17.4 Å². The van der Waals surface area contributed by atoms with Crippen LogP contribution >= 0.6 is 23.3 Å². The van der Waals surface area contributed by atoms with Crippen LogP contribution in [0.1, 0.15) is 16.1 Å². The van der Waals surface area contributed by atoms with Crippen LogP contribution < -0.4 is 10.1 Å². The molecule has 1 amide bonds. The second-order valence-electron chi connectivity index (χ2n) is 5.15. The largest absolute Gasteiger partial charge is 0.457 e. The molecular formula is C18H12N4O4S2. The zero-order valence-electron chi connectivity index (χ0n) is 14.4. The number of esters is 1. The number of anilines is 1. The quantitative estimate of drug-likeness (QED) is 0.214. The Balaban J connectivity index is 1.67. The van der Waals surface area contributed by atoms with E-state index in [1.807, 2.05) is 12.3 Å². The molecule has 0 aliphatic heterocycles. The first kappa shape index (κ1) is 19.3. The van der Waals surface area contributed by atoms with Crippen LogP contribution in [0.2, 0.25) is 0 Å². The van der Waals surface area contributed by atoms with Gasteiger partial charge in [0.25, 0.3) is 5.91 Å². The highest BCUT2D eigenvalue weighted by Crippen LogP contribution is 2.19. The fourth-order valence-corrected chi connectivity index (χ4v) is 3.13. The lowest BCUT2D eigenvalue weighted by molar-refractivity contribution is -0.112. The van der Waals surface area contributed by atoms with Gasteiger partial charge in [0.2, 0.25) is 16.0 Å². The van der Waals surface area contributed by atoms with Crippen LogP contribution in [0.4, 0.5) is 5.13 Å². The van der Waals surface area contributed by atoms with Crippen molar-refractivity contribution in [3.63, 3.8) is 0 Å². The maximum Gasteiger partial charge on any atom is 0.379 e. The number of amides is 1. The van der Waals surface area contributed by atoms with E-state index in [2.05, 4.69) is 14.7 Å². The molecule has 0 aliphatic carbocycles. The Bertz CT molecular complexity index is 1050. The number of benzene rings is 1. The molecule has 8 nitrogen and oxygen atoms in total.